The molecule has 4 heteroatoms. The molecule has 0 aliphatic carbocycles. The lowest BCUT2D eigenvalue weighted by molar-refractivity contribution is 0.0183. The fourth-order valence-corrected chi connectivity index (χ4v) is 1.08. The highest BCUT2D eigenvalue weighted by molar-refractivity contribution is 6.30. The second kappa shape index (κ2) is 2.90. The van der Waals surface area contributed by atoms with Crippen LogP contribution in [0.3, 0.4) is 0 Å². The average Bonchev–Trinajstić information content (AvgIpc) is 1.92. The van der Waals surface area contributed by atoms with E-state index >= 15 is 0 Å². The molecule has 0 aromatic heterocycles. The molecule has 1 aromatic rings. The second-order valence-electron chi connectivity index (χ2n) is 2.62. The Hall–Kier alpha value is -0.830. The van der Waals surface area contributed by atoms with E-state index in [9.17, 15) is 8.78 Å². The number of nitrogens with two attached hydrogens (primary N) is 1. The minimum Gasteiger partial charge on any atom is -0.398 e. The molecule has 2 N–H and O–H groups in total. The molecule has 0 bridgehead atoms. The molecule has 0 heterocycles. The van der Waals surface area contributed by atoms with Crippen LogP contribution in [-0.2, 0) is 5.92 Å². The van der Waals surface area contributed by atoms with Gasteiger partial charge in [-0.05, 0) is 18.2 Å². The molecular weight excluding hydrogens is 184 g/mol. The molecule has 1 rings (SSSR count). The fourth-order valence-electron chi connectivity index (χ4n) is 0.909. The highest BCUT2D eigenvalue weighted by Crippen LogP contribution is 2.33. The van der Waals surface area contributed by atoms with Crippen molar-refractivity contribution in [3.8, 4) is 0 Å². The van der Waals surface area contributed by atoms with Gasteiger partial charge in [-0.25, -0.2) is 8.78 Å². The van der Waals surface area contributed by atoms with Crippen molar-refractivity contribution in [2.45, 2.75) is 12.8 Å². The first-order chi connectivity index (χ1) is 5.41. The lowest BCUT2D eigenvalue weighted by Crippen LogP contribution is -2.10. The molecule has 1 aromatic carbocycles. The van der Waals surface area contributed by atoms with E-state index in [0.29, 0.717) is 0 Å². The molecule has 0 aliphatic rings. The van der Waals surface area contributed by atoms with E-state index in [1.165, 1.54) is 18.2 Å². The summed E-state index contributed by atoms with van der Waals surface area (Å²) in [6.07, 6.45) is 0. The standard InChI is InChI=1S/C8H8ClF2N/c1-8(10,11)6-4-5(9)2-3-7(6)12/h2-4H,12H2,1H3. The SMILES string of the molecule is CC(F)(F)c1cc(Cl)ccc1N. The monoisotopic (exact) mass is 191 g/mol. The summed E-state index contributed by atoms with van der Waals surface area (Å²) in [5.74, 6) is -2.94. The van der Waals surface area contributed by atoms with Crippen molar-refractivity contribution in [1.82, 2.24) is 0 Å². The molecule has 0 fully saturated rings. The van der Waals surface area contributed by atoms with Crippen molar-refractivity contribution < 1.29 is 8.78 Å². The van der Waals surface area contributed by atoms with E-state index in [1.807, 2.05) is 0 Å². The van der Waals surface area contributed by atoms with Gasteiger partial charge in [-0.2, -0.15) is 0 Å². The van der Waals surface area contributed by atoms with Crippen molar-refractivity contribution in [3.05, 3.63) is 28.8 Å². The first-order valence-electron chi connectivity index (χ1n) is 3.34. The van der Waals surface area contributed by atoms with Crippen LogP contribution in [0.4, 0.5) is 14.5 Å². The number of halogens is 3. The van der Waals surface area contributed by atoms with E-state index < -0.39 is 5.92 Å². The Labute approximate surface area is 74.1 Å². The van der Waals surface area contributed by atoms with Crippen molar-refractivity contribution in [3.63, 3.8) is 0 Å². The van der Waals surface area contributed by atoms with Crippen LogP contribution in [0.1, 0.15) is 12.5 Å². The first-order valence-corrected chi connectivity index (χ1v) is 3.72. The quantitative estimate of drug-likeness (QED) is 0.679. The van der Waals surface area contributed by atoms with Gasteiger partial charge in [0.05, 0.1) is 0 Å². The van der Waals surface area contributed by atoms with Gasteiger partial charge in [-0.15, -0.1) is 0 Å². The Morgan fingerprint density at radius 3 is 2.42 bits per heavy atom. The Bertz CT molecular complexity index is 294. The highest BCUT2D eigenvalue weighted by Gasteiger charge is 2.26. The van der Waals surface area contributed by atoms with E-state index in [2.05, 4.69) is 0 Å². The summed E-state index contributed by atoms with van der Waals surface area (Å²) < 4.78 is 25.5. The molecule has 12 heavy (non-hydrogen) atoms. The molecule has 0 aliphatic heterocycles. The zero-order chi connectivity index (χ0) is 9.35. The van der Waals surface area contributed by atoms with Crippen LogP contribution in [0, 0.1) is 0 Å². The van der Waals surface area contributed by atoms with Crippen molar-refractivity contribution in [1.29, 1.82) is 0 Å². The van der Waals surface area contributed by atoms with Crippen LogP contribution in [0.2, 0.25) is 5.02 Å². The zero-order valence-electron chi connectivity index (χ0n) is 6.44. The Balaban J connectivity index is 3.23. The Morgan fingerprint density at radius 2 is 2.00 bits per heavy atom. The van der Waals surface area contributed by atoms with Crippen LogP contribution in [-0.4, -0.2) is 0 Å². The summed E-state index contributed by atoms with van der Waals surface area (Å²) in [7, 11) is 0. The van der Waals surface area contributed by atoms with Crippen LogP contribution in [0.15, 0.2) is 18.2 Å². The third kappa shape index (κ3) is 1.85. The summed E-state index contributed by atoms with van der Waals surface area (Å²) in [4.78, 5) is 0. The van der Waals surface area contributed by atoms with Crippen molar-refractivity contribution in [2.75, 3.05) is 5.73 Å². The van der Waals surface area contributed by atoms with Crippen LogP contribution in [0.5, 0.6) is 0 Å². The molecule has 0 spiro atoms. The topological polar surface area (TPSA) is 26.0 Å². The Kier molecular flexibility index (Phi) is 2.24. The fraction of sp³-hybridized carbons (Fsp3) is 0.250. The molecule has 0 saturated carbocycles. The van der Waals surface area contributed by atoms with Gasteiger partial charge in [-0.3, -0.25) is 0 Å². The highest BCUT2D eigenvalue weighted by atomic mass is 35.5. The number of alkyl halides is 2. The first kappa shape index (κ1) is 9.26. The van der Waals surface area contributed by atoms with Crippen LogP contribution >= 0.6 is 11.6 Å². The minimum atomic E-state index is -2.94. The summed E-state index contributed by atoms with van der Waals surface area (Å²) in [5.41, 5.74) is 5.17. The molecule has 66 valence electrons. The molecule has 0 unspecified atom stereocenters. The van der Waals surface area contributed by atoms with Gasteiger partial charge in [-0.1, -0.05) is 11.6 Å². The Morgan fingerprint density at radius 1 is 1.42 bits per heavy atom. The third-order valence-electron chi connectivity index (χ3n) is 1.49. The van der Waals surface area contributed by atoms with Crippen molar-refractivity contribution >= 4 is 17.3 Å². The molecule has 0 radical (unpaired) electrons. The molecule has 1 nitrogen and oxygen atoms in total. The lowest BCUT2D eigenvalue weighted by atomic mass is 10.1. The maximum Gasteiger partial charge on any atom is 0.272 e. The number of hydrogen-bond donors (Lipinski definition) is 1. The van der Waals surface area contributed by atoms with Gasteiger partial charge in [0.1, 0.15) is 0 Å². The maximum atomic E-state index is 12.8. The number of anilines is 1. The molecular formula is C8H8ClF2N. The normalized spacial score (nSPS) is 11.7. The molecule has 0 amide bonds. The van der Waals surface area contributed by atoms with E-state index in [4.69, 9.17) is 17.3 Å². The van der Waals surface area contributed by atoms with Gasteiger partial charge in [0.25, 0.3) is 5.92 Å². The predicted octanol–water partition coefficient (Wildman–Crippen LogP) is 3.03. The lowest BCUT2D eigenvalue weighted by Gasteiger charge is -2.13. The van der Waals surface area contributed by atoms with Gasteiger partial charge in [0, 0.05) is 23.2 Å². The van der Waals surface area contributed by atoms with E-state index in [0.717, 1.165) is 6.92 Å². The zero-order valence-corrected chi connectivity index (χ0v) is 7.20. The van der Waals surface area contributed by atoms with Gasteiger partial charge in [0.15, 0.2) is 0 Å². The maximum absolute atomic E-state index is 12.8. The van der Waals surface area contributed by atoms with Crippen LogP contribution < -0.4 is 5.73 Å². The van der Waals surface area contributed by atoms with Crippen LogP contribution in [0.25, 0.3) is 0 Å². The van der Waals surface area contributed by atoms with Gasteiger partial charge in [0.2, 0.25) is 0 Å². The average molecular weight is 192 g/mol. The van der Waals surface area contributed by atoms with E-state index in [1.54, 1.807) is 0 Å². The van der Waals surface area contributed by atoms with E-state index in [-0.39, 0.29) is 16.3 Å². The molecule has 0 saturated heterocycles. The predicted molar refractivity (Wildman–Crippen MR) is 45.4 cm³/mol. The summed E-state index contributed by atoms with van der Waals surface area (Å²) >= 11 is 5.53. The number of benzene rings is 1. The second-order valence-corrected chi connectivity index (χ2v) is 3.06. The summed E-state index contributed by atoms with van der Waals surface area (Å²) in [6, 6.07) is 4.03. The number of rotatable bonds is 1. The van der Waals surface area contributed by atoms with Crippen molar-refractivity contribution in [2.24, 2.45) is 0 Å². The summed E-state index contributed by atoms with van der Waals surface area (Å²) in [6.45, 7) is 0.787. The third-order valence-corrected chi connectivity index (χ3v) is 1.72. The minimum absolute atomic E-state index is 0.0619. The smallest absolute Gasteiger partial charge is 0.272 e. The van der Waals surface area contributed by atoms with Gasteiger partial charge < -0.3 is 5.73 Å². The largest absolute Gasteiger partial charge is 0.398 e. The summed E-state index contributed by atoms with van der Waals surface area (Å²) in [5, 5.41) is 0.265. The number of nitrogen functional groups attached to an aromatic ring is 1. The molecule has 0 atom stereocenters. The number of hydrogen-bond acceptors (Lipinski definition) is 1. The van der Waals surface area contributed by atoms with Gasteiger partial charge >= 0.3 is 0 Å².